The van der Waals surface area contributed by atoms with E-state index in [2.05, 4.69) is 62.0 Å². The Morgan fingerprint density at radius 3 is 2.36 bits per heavy atom. The second kappa shape index (κ2) is 9.63. The molecule has 0 aliphatic carbocycles. The van der Waals surface area contributed by atoms with Crippen LogP contribution in [0.15, 0.2) is 23.2 Å². The molecule has 4 aliphatic rings. The molecule has 1 aromatic rings. The van der Waals surface area contributed by atoms with E-state index in [4.69, 9.17) is 0 Å². The summed E-state index contributed by atoms with van der Waals surface area (Å²) in [4.78, 5) is 14.7. The SMILES string of the molecule is CN=C(NCC1CN2CCN1CC2)N1CCN(c2cccc(C)c2C)CC1.I. The van der Waals surface area contributed by atoms with E-state index >= 15 is 0 Å². The third kappa shape index (κ3) is 4.57. The predicted molar refractivity (Wildman–Crippen MR) is 128 cm³/mol. The second-order valence-electron chi connectivity index (χ2n) is 8.11. The molecule has 1 atom stereocenters. The van der Waals surface area contributed by atoms with Crippen LogP contribution in [0.25, 0.3) is 0 Å². The summed E-state index contributed by atoms with van der Waals surface area (Å²) >= 11 is 0. The van der Waals surface area contributed by atoms with Gasteiger partial charge >= 0.3 is 0 Å². The predicted octanol–water partition coefficient (Wildman–Crippen LogP) is 1.62. The van der Waals surface area contributed by atoms with Gasteiger partial charge in [0, 0.05) is 84.2 Å². The highest BCUT2D eigenvalue weighted by atomic mass is 127. The van der Waals surface area contributed by atoms with Gasteiger partial charge in [0.25, 0.3) is 0 Å². The average Bonchev–Trinajstić information content (AvgIpc) is 2.72. The molecule has 0 radical (unpaired) electrons. The molecule has 4 fully saturated rings. The first-order chi connectivity index (χ1) is 13.2. The second-order valence-corrected chi connectivity index (χ2v) is 8.11. The highest BCUT2D eigenvalue weighted by Crippen LogP contribution is 2.24. The summed E-state index contributed by atoms with van der Waals surface area (Å²) in [6.45, 7) is 15.7. The Morgan fingerprint density at radius 1 is 1.04 bits per heavy atom. The Hall–Kier alpha value is -1.06. The van der Waals surface area contributed by atoms with E-state index in [0.717, 1.165) is 38.7 Å². The third-order valence-corrected chi connectivity index (χ3v) is 6.60. The number of nitrogens with zero attached hydrogens (tertiary/aromatic N) is 5. The fraction of sp³-hybridized carbons (Fsp3) is 0.667. The van der Waals surface area contributed by atoms with Gasteiger partial charge in [-0.15, -0.1) is 24.0 Å². The molecule has 7 heteroatoms. The molecule has 5 rings (SSSR count). The topological polar surface area (TPSA) is 37.4 Å². The average molecular weight is 498 g/mol. The number of hydrogen-bond acceptors (Lipinski definition) is 4. The summed E-state index contributed by atoms with van der Waals surface area (Å²) in [6.07, 6.45) is 0. The summed E-state index contributed by atoms with van der Waals surface area (Å²) in [5, 5.41) is 3.66. The normalized spacial score (nSPS) is 27.5. The summed E-state index contributed by atoms with van der Waals surface area (Å²) < 4.78 is 0. The Balaban J connectivity index is 0.00000225. The number of benzene rings is 1. The first-order valence-corrected chi connectivity index (χ1v) is 10.4. The molecule has 4 aliphatic heterocycles. The molecular weight excluding hydrogens is 463 g/mol. The van der Waals surface area contributed by atoms with Gasteiger partial charge in [0.05, 0.1) is 0 Å². The first-order valence-electron chi connectivity index (χ1n) is 10.4. The number of rotatable bonds is 3. The van der Waals surface area contributed by atoms with E-state index in [1.54, 1.807) is 0 Å². The van der Waals surface area contributed by atoms with Gasteiger partial charge < -0.3 is 15.1 Å². The number of anilines is 1. The van der Waals surface area contributed by atoms with Crippen molar-refractivity contribution < 1.29 is 0 Å². The van der Waals surface area contributed by atoms with Gasteiger partial charge in [-0.1, -0.05) is 12.1 Å². The standard InChI is InChI=1S/C21H34N6.HI/c1-17-5-4-6-20(18(17)2)26-11-13-27(14-12-26)21(22-3)23-15-19-16-24-7-9-25(19)10-8-24;/h4-6,19H,7-16H2,1-3H3,(H,22,23);1H. The van der Waals surface area contributed by atoms with Gasteiger partial charge in [-0.25, -0.2) is 0 Å². The van der Waals surface area contributed by atoms with Crippen molar-refractivity contribution >= 4 is 35.6 Å². The lowest BCUT2D eigenvalue weighted by Gasteiger charge is -2.48. The van der Waals surface area contributed by atoms with Crippen LogP contribution in [0.4, 0.5) is 5.69 Å². The van der Waals surface area contributed by atoms with E-state index in [9.17, 15) is 0 Å². The molecule has 28 heavy (non-hydrogen) atoms. The minimum atomic E-state index is 0. The monoisotopic (exact) mass is 498 g/mol. The highest BCUT2D eigenvalue weighted by Gasteiger charge is 2.32. The van der Waals surface area contributed by atoms with Gasteiger partial charge in [-0.3, -0.25) is 14.8 Å². The Bertz CT molecular complexity index is 677. The maximum Gasteiger partial charge on any atom is 0.193 e. The summed E-state index contributed by atoms with van der Waals surface area (Å²) in [7, 11) is 1.91. The number of piperazine rings is 4. The lowest BCUT2D eigenvalue weighted by molar-refractivity contribution is 0.0152. The number of aliphatic imine (C=N–C) groups is 1. The van der Waals surface area contributed by atoms with Crippen LogP contribution in [0.3, 0.4) is 0 Å². The fourth-order valence-corrected chi connectivity index (χ4v) is 4.70. The van der Waals surface area contributed by atoms with Gasteiger partial charge in [0.1, 0.15) is 0 Å². The molecule has 2 bridgehead atoms. The van der Waals surface area contributed by atoms with Gasteiger partial charge in [-0.05, 0) is 31.0 Å². The van der Waals surface area contributed by atoms with Crippen molar-refractivity contribution in [3.8, 4) is 0 Å². The largest absolute Gasteiger partial charge is 0.368 e. The van der Waals surface area contributed by atoms with Crippen molar-refractivity contribution in [3.63, 3.8) is 0 Å². The molecule has 0 spiro atoms. The van der Waals surface area contributed by atoms with E-state index in [1.807, 2.05) is 7.05 Å². The minimum Gasteiger partial charge on any atom is -0.368 e. The quantitative estimate of drug-likeness (QED) is 0.390. The van der Waals surface area contributed by atoms with Crippen LogP contribution in [0.5, 0.6) is 0 Å². The Kier molecular flexibility index (Phi) is 7.44. The van der Waals surface area contributed by atoms with Crippen molar-refractivity contribution in [2.24, 2.45) is 4.99 Å². The maximum atomic E-state index is 4.57. The van der Waals surface area contributed by atoms with Crippen LogP contribution in [-0.2, 0) is 0 Å². The van der Waals surface area contributed by atoms with E-state index in [-0.39, 0.29) is 24.0 Å². The van der Waals surface area contributed by atoms with Crippen molar-refractivity contribution in [3.05, 3.63) is 29.3 Å². The van der Waals surface area contributed by atoms with E-state index in [0.29, 0.717) is 6.04 Å². The van der Waals surface area contributed by atoms with Crippen LogP contribution < -0.4 is 10.2 Å². The molecule has 1 N–H and O–H groups in total. The van der Waals surface area contributed by atoms with Crippen LogP contribution in [0, 0.1) is 13.8 Å². The number of fused-ring (bicyclic) bond motifs is 3. The molecular formula is C21H35IN6. The molecule has 0 saturated carbocycles. The van der Waals surface area contributed by atoms with Crippen LogP contribution in [-0.4, -0.2) is 99.2 Å². The molecule has 0 amide bonds. The zero-order valence-corrected chi connectivity index (χ0v) is 19.9. The van der Waals surface area contributed by atoms with Crippen molar-refractivity contribution in [2.45, 2.75) is 19.9 Å². The molecule has 0 aromatic heterocycles. The van der Waals surface area contributed by atoms with Crippen LogP contribution in [0.1, 0.15) is 11.1 Å². The number of guanidine groups is 1. The van der Waals surface area contributed by atoms with Crippen molar-refractivity contribution in [1.82, 2.24) is 20.0 Å². The molecule has 156 valence electrons. The van der Waals surface area contributed by atoms with E-state index < -0.39 is 0 Å². The molecule has 6 nitrogen and oxygen atoms in total. The van der Waals surface area contributed by atoms with Gasteiger partial charge in [-0.2, -0.15) is 0 Å². The fourth-order valence-electron chi connectivity index (χ4n) is 4.70. The van der Waals surface area contributed by atoms with Crippen LogP contribution >= 0.6 is 24.0 Å². The third-order valence-electron chi connectivity index (χ3n) is 6.60. The Morgan fingerprint density at radius 2 is 1.75 bits per heavy atom. The first kappa shape index (κ1) is 21.6. The number of aryl methyl sites for hydroxylation is 1. The smallest absolute Gasteiger partial charge is 0.193 e. The maximum absolute atomic E-state index is 4.57. The molecule has 4 heterocycles. The zero-order valence-electron chi connectivity index (χ0n) is 17.5. The molecule has 4 saturated heterocycles. The Labute approximate surface area is 187 Å². The van der Waals surface area contributed by atoms with Crippen LogP contribution in [0.2, 0.25) is 0 Å². The van der Waals surface area contributed by atoms with Crippen molar-refractivity contribution in [1.29, 1.82) is 0 Å². The summed E-state index contributed by atoms with van der Waals surface area (Å²) in [6, 6.07) is 7.26. The van der Waals surface area contributed by atoms with Gasteiger partial charge in [0.2, 0.25) is 0 Å². The number of nitrogens with one attached hydrogen (secondary N) is 1. The number of hydrogen-bond donors (Lipinski definition) is 1. The number of halogens is 1. The highest BCUT2D eigenvalue weighted by molar-refractivity contribution is 14.0. The zero-order chi connectivity index (χ0) is 18.8. The summed E-state index contributed by atoms with van der Waals surface area (Å²) in [5.41, 5.74) is 4.17. The lowest BCUT2D eigenvalue weighted by Crippen LogP contribution is -2.64. The molecule has 1 aromatic carbocycles. The van der Waals surface area contributed by atoms with E-state index in [1.165, 1.54) is 49.5 Å². The summed E-state index contributed by atoms with van der Waals surface area (Å²) in [5.74, 6) is 1.06. The van der Waals surface area contributed by atoms with Gasteiger partial charge in [0.15, 0.2) is 5.96 Å². The van der Waals surface area contributed by atoms with Crippen molar-refractivity contribution in [2.75, 3.05) is 77.4 Å². The minimum absolute atomic E-state index is 0. The lowest BCUT2D eigenvalue weighted by atomic mass is 10.1. The molecule has 1 unspecified atom stereocenters.